The summed E-state index contributed by atoms with van der Waals surface area (Å²) in [6.45, 7) is 0.419. The van der Waals surface area contributed by atoms with Crippen LogP contribution in [0, 0.1) is 5.82 Å². The fourth-order valence-corrected chi connectivity index (χ4v) is 1.94. The van der Waals surface area contributed by atoms with Crippen LogP contribution in [-0.4, -0.2) is 12.2 Å². The van der Waals surface area contributed by atoms with Crippen molar-refractivity contribution in [1.29, 1.82) is 0 Å². The van der Waals surface area contributed by atoms with Gasteiger partial charge in [-0.3, -0.25) is 0 Å². The van der Waals surface area contributed by atoms with Gasteiger partial charge in [-0.25, -0.2) is 4.39 Å². The summed E-state index contributed by atoms with van der Waals surface area (Å²) in [5, 5.41) is 10.3. The quantitative estimate of drug-likeness (QED) is 0.898. The third-order valence-corrected chi connectivity index (χ3v) is 2.81. The van der Waals surface area contributed by atoms with E-state index in [9.17, 15) is 9.50 Å². The van der Waals surface area contributed by atoms with Gasteiger partial charge in [-0.1, -0.05) is 36.4 Å². The van der Waals surface area contributed by atoms with E-state index in [0.29, 0.717) is 12.2 Å². The molecule has 1 unspecified atom stereocenters. The molecule has 18 heavy (non-hydrogen) atoms. The number of aliphatic hydroxyl groups excluding tert-OH is 1. The molecular formula is C15H15FO2. The van der Waals surface area contributed by atoms with E-state index in [4.69, 9.17) is 4.74 Å². The van der Waals surface area contributed by atoms with Gasteiger partial charge in [-0.2, -0.15) is 0 Å². The number of methoxy groups -OCH3 is 1. The van der Waals surface area contributed by atoms with Crippen molar-refractivity contribution in [3.63, 3.8) is 0 Å². The number of hydrogen-bond donors (Lipinski definition) is 1. The molecule has 3 heteroatoms. The van der Waals surface area contributed by atoms with Crippen molar-refractivity contribution >= 4 is 0 Å². The van der Waals surface area contributed by atoms with Gasteiger partial charge in [0.15, 0.2) is 0 Å². The third-order valence-electron chi connectivity index (χ3n) is 2.81. The molecule has 0 fully saturated rings. The zero-order chi connectivity index (χ0) is 13.0. The van der Waals surface area contributed by atoms with E-state index < -0.39 is 6.10 Å². The highest BCUT2D eigenvalue weighted by molar-refractivity contribution is 5.35. The summed E-state index contributed by atoms with van der Waals surface area (Å²) in [5.41, 5.74) is 2.18. The number of rotatable bonds is 4. The van der Waals surface area contributed by atoms with E-state index in [0.717, 1.165) is 11.1 Å². The zero-order valence-electron chi connectivity index (χ0n) is 10.1. The van der Waals surface area contributed by atoms with Crippen LogP contribution in [0.4, 0.5) is 4.39 Å². The maximum absolute atomic E-state index is 13.2. The van der Waals surface area contributed by atoms with Crippen LogP contribution >= 0.6 is 0 Å². The summed E-state index contributed by atoms with van der Waals surface area (Å²) in [4.78, 5) is 0. The molecule has 2 nitrogen and oxygen atoms in total. The molecule has 0 saturated heterocycles. The van der Waals surface area contributed by atoms with E-state index in [1.165, 1.54) is 12.1 Å². The molecule has 2 rings (SSSR count). The Morgan fingerprint density at radius 2 is 1.94 bits per heavy atom. The van der Waals surface area contributed by atoms with Gasteiger partial charge in [0.1, 0.15) is 11.9 Å². The second kappa shape index (κ2) is 5.76. The van der Waals surface area contributed by atoms with Gasteiger partial charge in [0, 0.05) is 7.11 Å². The molecule has 2 aromatic rings. The number of halogens is 1. The van der Waals surface area contributed by atoms with Gasteiger partial charge >= 0.3 is 0 Å². The zero-order valence-corrected chi connectivity index (χ0v) is 10.1. The normalized spacial score (nSPS) is 12.4. The molecule has 0 aromatic heterocycles. The molecule has 0 spiro atoms. The standard InChI is InChI=1S/C15H15FO2/c1-18-10-12-5-2-3-8-14(12)15(17)11-6-4-7-13(16)9-11/h2-9,15,17H,10H2,1H3. The highest BCUT2D eigenvalue weighted by atomic mass is 19.1. The molecular weight excluding hydrogens is 231 g/mol. The van der Waals surface area contributed by atoms with Gasteiger partial charge in [0.2, 0.25) is 0 Å². The van der Waals surface area contributed by atoms with Crippen LogP contribution in [0.2, 0.25) is 0 Å². The Labute approximate surface area is 106 Å². The molecule has 0 radical (unpaired) electrons. The van der Waals surface area contributed by atoms with Gasteiger partial charge in [-0.05, 0) is 28.8 Å². The Morgan fingerprint density at radius 3 is 2.67 bits per heavy atom. The largest absolute Gasteiger partial charge is 0.384 e. The number of hydrogen-bond acceptors (Lipinski definition) is 2. The summed E-state index contributed by atoms with van der Waals surface area (Å²) < 4.78 is 18.2. The van der Waals surface area contributed by atoms with Crippen molar-refractivity contribution in [2.24, 2.45) is 0 Å². The molecule has 0 amide bonds. The van der Waals surface area contributed by atoms with E-state index in [2.05, 4.69) is 0 Å². The Morgan fingerprint density at radius 1 is 1.17 bits per heavy atom. The average molecular weight is 246 g/mol. The monoisotopic (exact) mass is 246 g/mol. The minimum absolute atomic E-state index is 0.351. The summed E-state index contributed by atoms with van der Waals surface area (Å²) in [5.74, 6) is -0.351. The topological polar surface area (TPSA) is 29.5 Å². The number of ether oxygens (including phenoxy) is 1. The van der Waals surface area contributed by atoms with Crippen LogP contribution in [0.5, 0.6) is 0 Å². The molecule has 0 heterocycles. The first-order chi connectivity index (χ1) is 8.72. The maximum atomic E-state index is 13.2. The molecule has 0 bridgehead atoms. The predicted molar refractivity (Wildman–Crippen MR) is 67.6 cm³/mol. The Kier molecular flexibility index (Phi) is 4.07. The Hall–Kier alpha value is -1.71. The van der Waals surface area contributed by atoms with Crippen LogP contribution in [0.3, 0.4) is 0 Å². The summed E-state index contributed by atoms with van der Waals surface area (Å²) in [6.07, 6.45) is -0.841. The fourth-order valence-electron chi connectivity index (χ4n) is 1.94. The first kappa shape index (κ1) is 12.7. The van der Waals surface area contributed by atoms with Crippen LogP contribution in [-0.2, 0) is 11.3 Å². The van der Waals surface area contributed by atoms with Crippen molar-refractivity contribution in [3.05, 3.63) is 71.0 Å². The molecule has 94 valence electrons. The maximum Gasteiger partial charge on any atom is 0.123 e. The van der Waals surface area contributed by atoms with Gasteiger partial charge in [0.25, 0.3) is 0 Å². The van der Waals surface area contributed by atoms with Gasteiger partial charge < -0.3 is 9.84 Å². The van der Waals surface area contributed by atoms with Gasteiger partial charge in [0.05, 0.1) is 6.61 Å². The second-order valence-corrected chi connectivity index (χ2v) is 4.09. The van der Waals surface area contributed by atoms with Crippen molar-refractivity contribution in [3.8, 4) is 0 Å². The minimum Gasteiger partial charge on any atom is -0.384 e. The second-order valence-electron chi connectivity index (χ2n) is 4.09. The molecule has 1 N–H and O–H groups in total. The lowest BCUT2D eigenvalue weighted by atomic mass is 9.97. The van der Waals surface area contributed by atoms with E-state index in [1.54, 1.807) is 19.2 Å². The highest BCUT2D eigenvalue weighted by Gasteiger charge is 2.14. The van der Waals surface area contributed by atoms with Crippen molar-refractivity contribution in [1.82, 2.24) is 0 Å². The van der Waals surface area contributed by atoms with Gasteiger partial charge in [-0.15, -0.1) is 0 Å². The molecule has 0 saturated carbocycles. The summed E-state index contributed by atoms with van der Waals surface area (Å²) in [6, 6.07) is 13.4. The van der Waals surface area contributed by atoms with E-state index in [1.807, 2.05) is 24.3 Å². The Bertz CT molecular complexity index is 525. The third kappa shape index (κ3) is 2.75. The minimum atomic E-state index is -0.841. The van der Waals surface area contributed by atoms with E-state index in [-0.39, 0.29) is 5.82 Å². The fraction of sp³-hybridized carbons (Fsp3) is 0.200. The van der Waals surface area contributed by atoms with Crippen LogP contribution < -0.4 is 0 Å². The van der Waals surface area contributed by atoms with Crippen LogP contribution in [0.1, 0.15) is 22.8 Å². The lowest BCUT2D eigenvalue weighted by molar-refractivity contribution is 0.176. The van der Waals surface area contributed by atoms with Crippen LogP contribution in [0.15, 0.2) is 48.5 Å². The highest BCUT2D eigenvalue weighted by Crippen LogP contribution is 2.25. The lowest BCUT2D eigenvalue weighted by Crippen LogP contribution is -2.04. The molecule has 1 atom stereocenters. The van der Waals surface area contributed by atoms with E-state index >= 15 is 0 Å². The summed E-state index contributed by atoms with van der Waals surface area (Å²) >= 11 is 0. The lowest BCUT2D eigenvalue weighted by Gasteiger charge is -2.15. The smallest absolute Gasteiger partial charge is 0.123 e. The molecule has 2 aromatic carbocycles. The van der Waals surface area contributed by atoms with Crippen molar-refractivity contribution < 1.29 is 14.2 Å². The van der Waals surface area contributed by atoms with Crippen LogP contribution in [0.25, 0.3) is 0 Å². The van der Waals surface area contributed by atoms with Crippen molar-refractivity contribution in [2.75, 3.05) is 7.11 Å². The number of benzene rings is 2. The first-order valence-electron chi connectivity index (χ1n) is 5.72. The Balaban J connectivity index is 2.36. The molecule has 0 aliphatic heterocycles. The molecule has 0 aliphatic carbocycles. The van der Waals surface area contributed by atoms with Crippen molar-refractivity contribution in [2.45, 2.75) is 12.7 Å². The predicted octanol–water partition coefficient (Wildman–Crippen LogP) is 3.05. The number of aliphatic hydroxyl groups is 1. The first-order valence-corrected chi connectivity index (χ1v) is 5.72. The summed E-state index contributed by atoms with van der Waals surface area (Å²) in [7, 11) is 1.60. The molecule has 0 aliphatic rings. The SMILES string of the molecule is COCc1ccccc1C(O)c1cccc(F)c1. The average Bonchev–Trinajstić information content (AvgIpc) is 2.39.